The van der Waals surface area contributed by atoms with Crippen molar-refractivity contribution < 1.29 is 13.9 Å². The molecule has 0 saturated heterocycles. The van der Waals surface area contributed by atoms with Crippen molar-refractivity contribution in [2.75, 3.05) is 12.8 Å². The van der Waals surface area contributed by atoms with Gasteiger partial charge in [0.2, 0.25) is 0 Å². The summed E-state index contributed by atoms with van der Waals surface area (Å²) in [7, 11) is 1.40. The lowest BCUT2D eigenvalue weighted by Crippen LogP contribution is -1.97. The molecule has 2 N–H and O–H groups in total. The van der Waals surface area contributed by atoms with E-state index in [9.17, 15) is 4.39 Å². The van der Waals surface area contributed by atoms with E-state index in [-0.39, 0.29) is 11.4 Å². The van der Waals surface area contributed by atoms with Gasteiger partial charge in [-0.3, -0.25) is 0 Å². The zero-order chi connectivity index (χ0) is 15.6. The third-order valence-corrected chi connectivity index (χ3v) is 3.38. The number of hydrogen-bond donors (Lipinski definition) is 1. The molecule has 21 heavy (non-hydrogen) atoms. The Morgan fingerprint density at radius 3 is 2.38 bits per heavy atom. The third-order valence-electron chi connectivity index (χ3n) is 3.38. The van der Waals surface area contributed by atoms with Crippen LogP contribution in [0.15, 0.2) is 30.3 Å². The summed E-state index contributed by atoms with van der Waals surface area (Å²) in [5.41, 5.74) is 8.44. The second kappa shape index (κ2) is 6.04. The monoisotopic (exact) mass is 289 g/mol. The maximum atomic E-state index is 13.5. The van der Waals surface area contributed by atoms with Gasteiger partial charge in [0.05, 0.1) is 12.8 Å². The number of nitrogens with two attached hydrogens (primary N) is 1. The number of rotatable bonds is 4. The summed E-state index contributed by atoms with van der Waals surface area (Å²) in [6, 6.07) is 8.52. The van der Waals surface area contributed by atoms with Crippen LogP contribution in [0, 0.1) is 12.7 Å². The molecule has 0 spiro atoms. The molecule has 2 rings (SSSR count). The molecule has 2 aromatic rings. The highest BCUT2D eigenvalue weighted by Gasteiger charge is 2.11. The average molecular weight is 289 g/mol. The highest BCUT2D eigenvalue weighted by molar-refractivity contribution is 5.57. The number of hydrogen-bond acceptors (Lipinski definition) is 3. The maximum Gasteiger partial charge on any atom is 0.167 e. The zero-order valence-corrected chi connectivity index (χ0v) is 12.7. The van der Waals surface area contributed by atoms with E-state index in [0.29, 0.717) is 17.4 Å². The molecular formula is C17H20FNO2. The number of nitrogen functional groups attached to an aromatic ring is 1. The summed E-state index contributed by atoms with van der Waals surface area (Å²) in [5.74, 6) is 1.10. The van der Waals surface area contributed by atoms with Gasteiger partial charge >= 0.3 is 0 Å². The summed E-state index contributed by atoms with van der Waals surface area (Å²) in [6.45, 7) is 6.33. The van der Waals surface area contributed by atoms with E-state index >= 15 is 0 Å². The van der Waals surface area contributed by atoms with Crippen molar-refractivity contribution in [2.24, 2.45) is 0 Å². The van der Waals surface area contributed by atoms with Crippen molar-refractivity contribution >= 4 is 5.69 Å². The van der Waals surface area contributed by atoms with Crippen LogP contribution in [0.3, 0.4) is 0 Å². The molecule has 0 radical (unpaired) electrons. The van der Waals surface area contributed by atoms with E-state index in [1.807, 2.05) is 25.1 Å². The van der Waals surface area contributed by atoms with Gasteiger partial charge in [-0.2, -0.15) is 0 Å². The van der Waals surface area contributed by atoms with E-state index < -0.39 is 5.82 Å². The number of benzene rings is 2. The molecule has 0 aliphatic heterocycles. The molecule has 0 aliphatic rings. The fourth-order valence-corrected chi connectivity index (χ4v) is 2.28. The van der Waals surface area contributed by atoms with E-state index in [4.69, 9.17) is 15.2 Å². The number of ether oxygens (including phenoxy) is 2. The topological polar surface area (TPSA) is 44.5 Å². The van der Waals surface area contributed by atoms with Crippen LogP contribution in [0.1, 0.15) is 30.9 Å². The van der Waals surface area contributed by atoms with Crippen LogP contribution < -0.4 is 15.2 Å². The number of halogens is 1. The van der Waals surface area contributed by atoms with Gasteiger partial charge in [-0.1, -0.05) is 19.9 Å². The lowest BCUT2D eigenvalue weighted by atomic mass is 9.98. The van der Waals surface area contributed by atoms with E-state index in [2.05, 4.69) is 13.8 Å². The van der Waals surface area contributed by atoms with Crippen molar-refractivity contribution in [1.82, 2.24) is 0 Å². The molecule has 0 unspecified atom stereocenters. The van der Waals surface area contributed by atoms with Crippen molar-refractivity contribution in [3.05, 3.63) is 47.3 Å². The Kier molecular flexibility index (Phi) is 4.36. The second-order valence-corrected chi connectivity index (χ2v) is 5.30. The lowest BCUT2D eigenvalue weighted by molar-refractivity contribution is 0.382. The van der Waals surface area contributed by atoms with Gasteiger partial charge in [0, 0.05) is 12.1 Å². The summed E-state index contributed by atoms with van der Waals surface area (Å²) >= 11 is 0. The Morgan fingerprint density at radius 2 is 1.81 bits per heavy atom. The van der Waals surface area contributed by atoms with Gasteiger partial charge in [-0.25, -0.2) is 4.39 Å². The third kappa shape index (κ3) is 3.27. The van der Waals surface area contributed by atoms with Crippen molar-refractivity contribution in [2.45, 2.75) is 26.7 Å². The van der Waals surface area contributed by atoms with Crippen LogP contribution in [0.4, 0.5) is 10.1 Å². The number of anilines is 1. The Morgan fingerprint density at radius 1 is 1.10 bits per heavy atom. The first-order valence-electron chi connectivity index (χ1n) is 6.83. The first kappa shape index (κ1) is 15.2. The van der Waals surface area contributed by atoms with Crippen LogP contribution in [0.25, 0.3) is 0 Å². The highest BCUT2D eigenvalue weighted by atomic mass is 19.1. The predicted molar refractivity (Wildman–Crippen MR) is 82.7 cm³/mol. The minimum Gasteiger partial charge on any atom is -0.494 e. The van der Waals surface area contributed by atoms with Crippen molar-refractivity contribution in [3.8, 4) is 17.2 Å². The SMILES string of the molecule is COc1cc(Oc2ccc(C(C)C)c(C)c2)c(N)cc1F. The zero-order valence-electron chi connectivity index (χ0n) is 12.7. The van der Waals surface area contributed by atoms with Crippen molar-refractivity contribution in [3.63, 3.8) is 0 Å². The largest absolute Gasteiger partial charge is 0.494 e. The first-order valence-corrected chi connectivity index (χ1v) is 6.83. The lowest BCUT2D eigenvalue weighted by Gasteiger charge is -2.14. The van der Waals surface area contributed by atoms with Gasteiger partial charge in [0.15, 0.2) is 17.3 Å². The molecule has 0 aromatic heterocycles. The second-order valence-electron chi connectivity index (χ2n) is 5.30. The van der Waals surface area contributed by atoms with Crippen LogP contribution in [0.2, 0.25) is 0 Å². The van der Waals surface area contributed by atoms with Gasteiger partial charge in [-0.15, -0.1) is 0 Å². The number of methoxy groups -OCH3 is 1. The molecule has 0 saturated carbocycles. The standard InChI is InChI=1S/C17H20FNO2/c1-10(2)13-6-5-12(7-11(13)3)21-17-9-16(20-4)14(18)8-15(17)19/h5-10H,19H2,1-4H3. The molecule has 0 aliphatic carbocycles. The molecule has 0 atom stereocenters. The van der Waals surface area contributed by atoms with Crippen molar-refractivity contribution in [1.29, 1.82) is 0 Å². The van der Waals surface area contributed by atoms with E-state index in [0.717, 1.165) is 5.56 Å². The summed E-state index contributed by atoms with van der Waals surface area (Å²) in [4.78, 5) is 0. The van der Waals surface area contributed by atoms with Gasteiger partial charge in [0.25, 0.3) is 0 Å². The Bertz CT molecular complexity index is 653. The fraction of sp³-hybridized carbons (Fsp3) is 0.294. The molecule has 4 heteroatoms. The van der Waals surface area contributed by atoms with Crippen LogP contribution >= 0.6 is 0 Å². The van der Waals surface area contributed by atoms with Gasteiger partial charge in [-0.05, 0) is 36.1 Å². The minimum absolute atomic E-state index is 0.106. The molecule has 0 heterocycles. The molecule has 2 aromatic carbocycles. The first-order chi connectivity index (χ1) is 9.92. The Balaban J connectivity index is 2.32. The smallest absolute Gasteiger partial charge is 0.167 e. The quantitative estimate of drug-likeness (QED) is 0.834. The fourth-order valence-electron chi connectivity index (χ4n) is 2.28. The van der Waals surface area contributed by atoms with E-state index in [1.54, 1.807) is 0 Å². The van der Waals surface area contributed by atoms with Gasteiger partial charge < -0.3 is 15.2 Å². The minimum atomic E-state index is -0.506. The molecule has 0 fully saturated rings. The summed E-state index contributed by atoms with van der Waals surface area (Å²) < 4.78 is 24.2. The van der Waals surface area contributed by atoms with Gasteiger partial charge in [0.1, 0.15) is 5.75 Å². The average Bonchev–Trinajstić information content (AvgIpc) is 2.41. The molecule has 0 amide bonds. The number of aryl methyl sites for hydroxylation is 1. The normalized spacial score (nSPS) is 10.8. The van der Waals surface area contributed by atoms with Crippen LogP contribution in [0.5, 0.6) is 17.2 Å². The molecule has 0 bridgehead atoms. The van der Waals surface area contributed by atoms with Crippen LogP contribution in [-0.4, -0.2) is 7.11 Å². The Labute approximate surface area is 124 Å². The molecule has 112 valence electrons. The molecular weight excluding hydrogens is 269 g/mol. The predicted octanol–water partition coefficient (Wildman–Crippen LogP) is 4.64. The molecule has 3 nitrogen and oxygen atoms in total. The maximum absolute atomic E-state index is 13.5. The van der Waals surface area contributed by atoms with Crippen LogP contribution in [-0.2, 0) is 0 Å². The summed E-state index contributed by atoms with van der Waals surface area (Å²) in [5, 5.41) is 0. The Hall–Kier alpha value is -2.23. The highest BCUT2D eigenvalue weighted by Crippen LogP contribution is 2.34. The summed E-state index contributed by atoms with van der Waals surface area (Å²) in [6.07, 6.45) is 0. The van der Waals surface area contributed by atoms with E-state index in [1.165, 1.54) is 24.8 Å².